The van der Waals surface area contributed by atoms with Gasteiger partial charge in [-0.25, -0.2) is 4.98 Å². The highest BCUT2D eigenvalue weighted by atomic mass is 32.1. The monoisotopic (exact) mass is 335 g/mol. The molecule has 0 atom stereocenters. The molecule has 2 N–H and O–H groups in total. The number of aromatic nitrogens is 2. The fourth-order valence-electron chi connectivity index (χ4n) is 2.87. The highest BCUT2D eigenvalue weighted by molar-refractivity contribution is 7.19. The number of likely N-dealkylation sites (N-methyl/N-ethyl adjacent to an activating group) is 1. The largest absolute Gasteiger partial charge is 0.358 e. The van der Waals surface area contributed by atoms with Gasteiger partial charge in [-0.2, -0.15) is 0 Å². The topological polar surface area (TPSA) is 78.7 Å². The van der Waals surface area contributed by atoms with E-state index in [9.17, 15) is 9.59 Å². The van der Waals surface area contributed by atoms with Gasteiger partial charge in [0.05, 0.1) is 6.54 Å². The Morgan fingerprint density at radius 2 is 2.13 bits per heavy atom. The molecule has 8 heteroatoms. The van der Waals surface area contributed by atoms with E-state index < -0.39 is 0 Å². The molecule has 124 valence electrons. The van der Waals surface area contributed by atoms with E-state index in [1.165, 1.54) is 11.3 Å². The molecule has 0 aliphatic carbocycles. The highest BCUT2D eigenvalue weighted by Crippen LogP contribution is 2.22. The summed E-state index contributed by atoms with van der Waals surface area (Å²) in [5.41, 5.74) is 0.928. The normalized spacial score (nSPS) is 16.6. The van der Waals surface area contributed by atoms with Crippen LogP contribution in [0.5, 0.6) is 0 Å². The van der Waals surface area contributed by atoms with Crippen molar-refractivity contribution in [3.8, 4) is 0 Å². The first-order valence-corrected chi connectivity index (χ1v) is 8.56. The van der Waals surface area contributed by atoms with Crippen molar-refractivity contribution in [2.45, 2.75) is 25.8 Å². The van der Waals surface area contributed by atoms with Gasteiger partial charge in [-0.05, 0) is 19.8 Å². The van der Waals surface area contributed by atoms with Crippen LogP contribution in [0.2, 0.25) is 0 Å². The predicted octanol–water partition coefficient (Wildman–Crippen LogP) is 0.644. The number of nitrogens with zero attached hydrogens (tertiary/aromatic N) is 3. The summed E-state index contributed by atoms with van der Waals surface area (Å²) in [4.78, 5) is 31.8. The number of imidazole rings is 1. The summed E-state index contributed by atoms with van der Waals surface area (Å²) < 4.78 is 1.94. The van der Waals surface area contributed by atoms with Gasteiger partial charge in [0.2, 0.25) is 5.91 Å². The first-order valence-electron chi connectivity index (χ1n) is 7.74. The van der Waals surface area contributed by atoms with E-state index >= 15 is 0 Å². The van der Waals surface area contributed by atoms with Crippen molar-refractivity contribution in [1.29, 1.82) is 0 Å². The average Bonchev–Trinajstić information content (AvgIpc) is 3.12. The summed E-state index contributed by atoms with van der Waals surface area (Å²) in [6, 6.07) is 0.164. The van der Waals surface area contributed by atoms with E-state index in [0.717, 1.165) is 41.5 Å². The molecular formula is C15H21N5O2S. The summed E-state index contributed by atoms with van der Waals surface area (Å²) in [5, 5.41) is 5.75. The van der Waals surface area contributed by atoms with Crippen LogP contribution in [0.1, 0.15) is 28.2 Å². The van der Waals surface area contributed by atoms with Gasteiger partial charge in [0, 0.05) is 44.3 Å². The molecule has 3 rings (SSSR count). The van der Waals surface area contributed by atoms with E-state index in [-0.39, 0.29) is 17.9 Å². The van der Waals surface area contributed by atoms with Gasteiger partial charge >= 0.3 is 0 Å². The van der Waals surface area contributed by atoms with Crippen LogP contribution in [0, 0.1) is 6.92 Å². The molecule has 2 aromatic rings. The minimum atomic E-state index is -0.0252. The van der Waals surface area contributed by atoms with Crippen LogP contribution in [0.4, 0.5) is 0 Å². The first-order chi connectivity index (χ1) is 11.1. The van der Waals surface area contributed by atoms with Gasteiger partial charge in [-0.3, -0.25) is 18.9 Å². The van der Waals surface area contributed by atoms with Crippen molar-refractivity contribution in [1.82, 2.24) is 24.9 Å². The Morgan fingerprint density at radius 1 is 1.39 bits per heavy atom. The third-order valence-electron chi connectivity index (χ3n) is 4.27. The van der Waals surface area contributed by atoms with Crippen molar-refractivity contribution in [2.75, 3.05) is 26.7 Å². The number of thiazole rings is 1. The molecule has 0 unspecified atom stereocenters. The predicted molar refractivity (Wildman–Crippen MR) is 88.8 cm³/mol. The lowest BCUT2D eigenvalue weighted by atomic mass is 10.0. The third-order valence-corrected chi connectivity index (χ3v) is 5.43. The van der Waals surface area contributed by atoms with Crippen molar-refractivity contribution in [3.63, 3.8) is 0 Å². The molecule has 2 amide bonds. The minimum absolute atomic E-state index is 0.0252. The lowest BCUT2D eigenvalue weighted by Crippen LogP contribution is -2.47. The first kappa shape index (κ1) is 15.9. The van der Waals surface area contributed by atoms with Crippen molar-refractivity contribution in [2.24, 2.45) is 0 Å². The summed E-state index contributed by atoms with van der Waals surface area (Å²) in [6.45, 7) is 4.01. The number of hydrogen-bond donors (Lipinski definition) is 2. The Morgan fingerprint density at radius 3 is 2.78 bits per heavy atom. The SMILES string of the molecule is CNC(=O)CN1CCC(NC(=O)c2sc3nccn3c2C)CC1. The van der Waals surface area contributed by atoms with E-state index in [1.54, 1.807) is 13.2 Å². The number of carbonyl (C=O) groups excluding carboxylic acids is 2. The zero-order chi connectivity index (χ0) is 16.4. The van der Waals surface area contributed by atoms with Crippen LogP contribution in [0.3, 0.4) is 0 Å². The van der Waals surface area contributed by atoms with Gasteiger partial charge < -0.3 is 10.6 Å². The molecule has 3 heterocycles. The molecule has 1 fully saturated rings. The van der Waals surface area contributed by atoms with Crippen LogP contribution in [-0.2, 0) is 4.79 Å². The van der Waals surface area contributed by atoms with Crippen LogP contribution in [0.25, 0.3) is 4.96 Å². The number of piperidine rings is 1. The molecule has 0 bridgehead atoms. The van der Waals surface area contributed by atoms with E-state index in [2.05, 4.69) is 20.5 Å². The highest BCUT2D eigenvalue weighted by Gasteiger charge is 2.24. The minimum Gasteiger partial charge on any atom is -0.358 e. The van der Waals surface area contributed by atoms with Crippen LogP contribution in [-0.4, -0.2) is 58.8 Å². The molecule has 23 heavy (non-hydrogen) atoms. The molecule has 1 aliphatic heterocycles. The maximum atomic E-state index is 12.5. The number of amides is 2. The Hall–Kier alpha value is -1.93. The number of hydrogen-bond acceptors (Lipinski definition) is 5. The summed E-state index contributed by atoms with van der Waals surface area (Å²) in [6.07, 6.45) is 5.34. The van der Waals surface area contributed by atoms with E-state index in [4.69, 9.17) is 0 Å². The molecule has 7 nitrogen and oxygen atoms in total. The number of rotatable bonds is 4. The van der Waals surface area contributed by atoms with Gasteiger partial charge in [-0.15, -0.1) is 0 Å². The summed E-state index contributed by atoms with van der Waals surface area (Å²) >= 11 is 1.42. The standard InChI is InChI=1S/C15H21N5O2S/c1-10-13(23-15-17-5-8-20(10)15)14(22)18-11-3-6-19(7-4-11)9-12(21)16-2/h5,8,11H,3-4,6-7,9H2,1-2H3,(H,16,21)(H,18,22). The smallest absolute Gasteiger partial charge is 0.263 e. The Kier molecular flexibility index (Phi) is 4.63. The van der Waals surface area contributed by atoms with Crippen molar-refractivity contribution < 1.29 is 9.59 Å². The Labute approximate surface area is 138 Å². The number of carbonyl (C=O) groups is 2. The number of aryl methyl sites for hydroxylation is 1. The zero-order valence-corrected chi connectivity index (χ0v) is 14.2. The van der Waals surface area contributed by atoms with Crippen molar-refractivity contribution in [3.05, 3.63) is 23.0 Å². The third kappa shape index (κ3) is 3.37. The Balaban J connectivity index is 1.56. The van der Waals surface area contributed by atoms with Gasteiger partial charge in [0.15, 0.2) is 4.96 Å². The second-order valence-electron chi connectivity index (χ2n) is 5.79. The molecule has 2 aromatic heterocycles. The quantitative estimate of drug-likeness (QED) is 0.860. The summed E-state index contributed by atoms with van der Waals surface area (Å²) in [5.74, 6) is 0.00721. The van der Waals surface area contributed by atoms with Gasteiger partial charge in [0.1, 0.15) is 4.88 Å². The zero-order valence-electron chi connectivity index (χ0n) is 13.3. The van der Waals surface area contributed by atoms with E-state index in [0.29, 0.717) is 6.54 Å². The fourth-order valence-corrected chi connectivity index (χ4v) is 3.86. The van der Waals surface area contributed by atoms with Gasteiger partial charge in [0.25, 0.3) is 5.91 Å². The molecule has 1 aliphatic rings. The molecule has 0 spiro atoms. The lowest BCUT2D eigenvalue weighted by molar-refractivity contribution is -0.122. The number of likely N-dealkylation sites (tertiary alicyclic amines) is 1. The maximum absolute atomic E-state index is 12.5. The summed E-state index contributed by atoms with van der Waals surface area (Å²) in [7, 11) is 1.65. The second-order valence-corrected chi connectivity index (χ2v) is 6.77. The van der Waals surface area contributed by atoms with E-state index in [1.807, 2.05) is 17.5 Å². The number of fused-ring (bicyclic) bond motifs is 1. The molecular weight excluding hydrogens is 314 g/mol. The molecule has 0 aromatic carbocycles. The van der Waals surface area contributed by atoms with Crippen LogP contribution >= 0.6 is 11.3 Å². The fraction of sp³-hybridized carbons (Fsp3) is 0.533. The maximum Gasteiger partial charge on any atom is 0.263 e. The average molecular weight is 335 g/mol. The van der Waals surface area contributed by atoms with Crippen molar-refractivity contribution >= 4 is 28.1 Å². The number of nitrogens with one attached hydrogen (secondary N) is 2. The molecule has 0 radical (unpaired) electrons. The Bertz CT molecular complexity index is 715. The van der Waals surface area contributed by atoms with Crippen LogP contribution in [0.15, 0.2) is 12.4 Å². The van der Waals surface area contributed by atoms with Crippen LogP contribution < -0.4 is 10.6 Å². The molecule has 1 saturated heterocycles. The second kappa shape index (κ2) is 6.67. The lowest BCUT2D eigenvalue weighted by Gasteiger charge is -2.31. The van der Waals surface area contributed by atoms with Gasteiger partial charge in [-0.1, -0.05) is 11.3 Å². The molecule has 0 saturated carbocycles.